The molecule has 0 bridgehead atoms. The molecule has 11 heteroatoms. The Morgan fingerprint density at radius 1 is 1.20 bits per heavy atom. The highest BCUT2D eigenvalue weighted by molar-refractivity contribution is 5.97. The molecule has 1 aromatic carbocycles. The van der Waals surface area contributed by atoms with E-state index in [1.165, 1.54) is 7.11 Å². The first-order chi connectivity index (χ1) is 17.2. The van der Waals surface area contributed by atoms with Crippen LogP contribution >= 0.6 is 0 Å². The molecule has 4 aromatic rings. The number of methoxy groups -OCH3 is 1. The van der Waals surface area contributed by atoms with Gasteiger partial charge in [0.25, 0.3) is 5.91 Å². The number of carbonyl (C=O) groups excluding carboxylic acids is 1. The number of hydrogen-bond donors (Lipinski definition) is 3. The zero-order valence-electron chi connectivity index (χ0n) is 19.4. The quantitative estimate of drug-likeness (QED) is 0.368. The summed E-state index contributed by atoms with van der Waals surface area (Å²) in [5, 5.41) is 6.53. The molecule has 0 atom stereocenters. The van der Waals surface area contributed by atoms with Crippen LogP contribution in [0.3, 0.4) is 0 Å². The van der Waals surface area contributed by atoms with E-state index >= 15 is 0 Å². The molecule has 1 aliphatic rings. The molecule has 35 heavy (non-hydrogen) atoms. The summed E-state index contributed by atoms with van der Waals surface area (Å²) in [5.41, 5.74) is 3.16. The highest BCUT2D eigenvalue weighted by Crippen LogP contribution is 2.36. The van der Waals surface area contributed by atoms with Gasteiger partial charge in [-0.25, -0.2) is 0 Å². The van der Waals surface area contributed by atoms with Gasteiger partial charge >= 0.3 is 0 Å². The Morgan fingerprint density at radius 2 is 2.06 bits per heavy atom. The zero-order valence-corrected chi connectivity index (χ0v) is 19.4. The van der Waals surface area contributed by atoms with E-state index in [4.69, 9.17) is 19.2 Å². The Kier molecular flexibility index (Phi) is 6.40. The van der Waals surface area contributed by atoms with Crippen molar-refractivity contribution in [2.24, 2.45) is 0 Å². The van der Waals surface area contributed by atoms with E-state index in [9.17, 15) is 4.79 Å². The highest BCUT2D eigenvalue weighted by Gasteiger charge is 2.22. The number of amides is 1. The van der Waals surface area contributed by atoms with Crippen molar-refractivity contribution in [3.8, 4) is 22.9 Å². The largest absolute Gasteiger partial charge is 0.495 e. The van der Waals surface area contributed by atoms with E-state index in [-0.39, 0.29) is 12.0 Å². The number of rotatable bonds is 7. The Labute approximate surface area is 201 Å². The van der Waals surface area contributed by atoms with Crippen LogP contribution in [0.5, 0.6) is 11.6 Å². The summed E-state index contributed by atoms with van der Waals surface area (Å²) in [6.07, 6.45) is 8.29. The van der Waals surface area contributed by atoms with Gasteiger partial charge in [-0.05, 0) is 18.2 Å². The smallest absolute Gasteiger partial charge is 0.251 e. The van der Waals surface area contributed by atoms with Crippen molar-refractivity contribution in [1.29, 1.82) is 0 Å². The fraction of sp³-hybridized carbons (Fsp3) is 0.292. The third kappa shape index (κ3) is 4.71. The summed E-state index contributed by atoms with van der Waals surface area (Å²) in [4.78, 5) is 33.2. The van der Waals surface area contributed by atoms with Crippen molar-refractivity contribution in [2.75, 3.05) is 32.7 Å². The van der Waals surface area contributed by atoms with E-state index in [0.29, 0.717) is 53.4 Å². The van der Waals surface area contributed by atoms with Gasteiger partial charge in [-0.2, -0.15) is 9.97 Å². The van der Waals surface area contributed by atoms with Crippen LogP contribution in [0.2, 0.25) is 0 Å². The lowest BCUT2D eigenvalue weighted by Gasteiger charge is -2.23. The number of fused-ring (bicyclic) bond motifs is 1. The van der Waals surface area contributed by atoms with E-state index in [2.05, 4.69) is 30.6 Å². The molecule has 0 unspecified atom stereocenters. The highest BCUT2D eigenvalue weighted by atomic mass is 16.5. The summed E-state index contributed by atoms with van der Waals surface area (Å²) in [7, 11) is 3.12. The summed E-state index contributed by atoms with van der Waals surface area (Å²) in [6.45, 7) is 1.28. The number of carbonyl (C=O) groups is 1. The third-order valence-electron chi connectivity index (χ3n) is 5.72. The summed E-state index contributed by atoms with van der Waals surface area (Å²) < 4.78 is 17.3. The van der Waals surface area contributed by atoms with Gasteiger partial charge in [0.05, 0.1) is 43.3 Å². The average molecular weight is 476 g/mol. The van der Waals surface area contributed by atoms with Gasteiger partial charge in [-0.15, -0.1) is 0 Å². The van der Waals surface area contributed by atoms with Gasteiger partial charge in [-0.3, -0.25) is 14.8 Å². The molecule has 1 aliphatic heterocycles. The SMILES string of the molecule is CNC(=O)c1ccc(Nc2nc(OC3CCOCC3)c3c(-c4cnccn4)c[nH]c3n2)c(OC)c1. The van der Waals surface area contributed by atoms with E-state index in [0.717, 1.165) is 23.8 Å². The average Bonchev–Trinajstić information content (AvgIpc) is 3.34. The minimum atomic E-state index is -0.206. The Balaban J connectivity index is 1.55. The molecule has 0 spiro atoms. The number of nitrogens with one attached hydrogen (secondary N) is 3. The predicted molar refractivity (Wildman–Crippen MR) is 129 cm³/mol. The van der Waals surface area contributed by atoms with E-state index in [1.54, 1.807) is 43.8 Å². The monoisotopic (exact) mass is 475 g/mol. The fourth-order valence-corrected chi connectivity index (χ4v) is 3.93. The number of nitrogens with zero attached hydrogens (tertiary/aromatic N) is 4. The molecule has 3 aromatic heterocycles. The number of aromatic nitrogens is 5. The molecule has 1 fully saturated rings. The summed E-state index contributed by atoms with van der Waals surface area (Å²) in [6, 6.07) is 5.10. The molecule has 4 heterocycles. The molecule has 3 N–H and O–H groups in total. The standard InChI is InChI=1S/C24H25N7O4/c1-25-22(32)14-3-4-17(19(11-14)33-2)29-24-30-21-20(16(12-28-21)18-13-26-7-8-27-18)23(31-24)35-15-5-9-34-10-6-15/h3-4,7-8,11-13,15H,5-6,9-10H2,1-2H3,(H,25,32)(H2,28,29,30,31). The molecule has 0 saturated carbocycles. The second kappa shape index (κ2) is 9.94. The number of benzene rings is 1. The van der Waals surface area contributed by atoms with Gasteiger partial charge in [-0.1, -0.05) is 0 Å². The Morgan fingerprint density at radius 3 is 2.80 bits per heavy atom. The lowest BCUT2D eigenvalue weighted by atomic mass is 10.1. The van der Waals surface area contributed by atoms with Crippen molar-refractivity contribution < 1.29 is 19.0 Å². The number of ether oxygens (including phenoxy) is 3. The Bertz CT molecular complexity index is 1340. The summed E-state index contributed by atoms with van der Waals surface area (Å²) >= 11 is 0. The van der Waals surface area contributed by atoms with Crippen LogP contribution in [-0.4, -0.2) is 64.3 Å². The maximum absolute atomic E-state index is 12.0. The normalized spacial score (nSPS) is 14.0. The third-order valence-corrected chi connectivity index (χ3v) is 5.72. The van der Waals surface area contributed by atoms with E-state index < -0.39 is 0 Å². The van der Waals surface area contributed by atoms with Gasteiger partial charge in [0.1, 0.15) is 17.5 Å². The van der Waals surface area contributed by atoms with Gasteiger partial charge in [0.15, 0.2) is 0 Å². The molecular weight excluding hydrogens is 450 g/mol. The molecule has 0 aliphatic carbocycles. The first-order valence-corrected chi connectivity index (χ1v) is 11.2. The fourth-order valence-electron chi connectivity index (χ4n) is 3.93. The molecule has 1 amide bonds. The topological polar surface area (TPSA) is 136 Å². The van der Waals surface area contributed by atoms with Gasteiger partial charge in [0.2, 0.25) is 11.8 Å². The van der Waals surface area contributed by atoms with Crippen molar-refractivity contribution >= 4 is 28.6 Å². The lowest BCUT2D eigenvalue weighted by molar-refractivity contribution is 0.0244. The second-order valence-electron chi connectivity index (χ2n) is 7.92. The maximum atomic E-state index is 12.0. The van der Waals surface area contributed by atoms with Crippen molar-refractivity contribution in [3.05, 3.63) is 48.5 Å². The first kappa shape index (κ1) is 22.5. The minimum absolute atomic E-state index is 0.0271. The van der Waals surface area contributed by atoms with Gasteiger partial charge < -0.3 is 29.8 Å². The molecule has 5 rings (SSSR count). The van der Waals surface area contributed by atoms with Crippen LogP contribution in [0.15, 0.2) is 43.0 Å². The van der Waals surface area contributed by atoms with Crippen LogP contribution in [0.1, 0.15) is 23.2 Å². The number of hydrogen-bond acceptors (Lipinski definition) is 9. The zero-order chi connectivity index (χ0) is 24.2. The molecule has 11 nitrogen and oxygen atoms in total. The minimum Gasteiger partial charge on any atom is -0.495 e. The number of anilines is 2. The van der Waals surface area contributed by atoms with Crippen LogP contribution in [0.25, 0.3) is 22.3 Å². The van der Waals surface area contributed by atoms with Crippen molar-refractivity contribution in [2.45, 2.75) is 18.9 Å². The van der Waals surface area contributed by atoms with E-state index in [1.807, 2.05) is 6.20 Å². The van der Waals surface area contributed by atoms with Crippen LogP contribution in [-0.2, 0) is 4.74 Å². The van der Waals surface area contributed by atoms with Gasteiger partial charge in [0, 0.05) is 49.6 Å². The van der Waals surface area contributed by atoms with Crippen molar-refractivity contribution in [3.63, 3.8) is 0 Å². The number of aromatic amines is 1. The molecular formula is C24H25N7O4. The molecule has 1 saturated heterocycles. The maximum Gasteiger partial charge on any atom is 0.251 e. The summed E-state index contributed by atoms with van der Waals surface area (Å²) in [5.74, 6) is 1.03. The first-order valence-electron chi connectivity index (χ1n) is 11.2. The molecule has 180 valence electrons. The number of H-pyrrole nitrogens is 1. The van der Waals surface area contributed by atoms with Crippen LogP contribution in [0, 0.1) is 0 Å². The van der Waals surface area contributed by atoms with Crippen LogP contribution in [0.4, 0.5) is 11.6 Å². The predicted octanol–water partition coefficient (Wildman–Crippen LogP) is 3.08. The lowest BCUT2D eigenvalue weighted by Crippen LogP contribution is -2.26. The van der Waals surface area contributed by atoms with Crippen molar-refractivity contribution in [1.82, 2.24) is 30.2 Å². The van der Waals surface area contributed by atoms with Crippen LogP contribution < -0.4 is 20.1 Å². The Hall–Kier alpha value is -4.25. The molecule has 0 radical (unpaired) electrons. The second-order valence-corrected chi connectivity index (χ2v) is 7.92.